The van der Waals surface area contributed by atoms with E-state index in [0.29, 0.717) is 44.0 Å². The van der Waals surface area contributed by atoms with Crippen LogP contribution < -0.4 is 10.6 Å². The number of rotatable bonds is 7. The number of hydrogen-bond donors (Lipinski definition) is 2. The summed E-state index contributed by atoms with van der Waals surface area (Å²) in [6, 6.07) is 6.00. The highest BCUT2D eigenvalue weighted by Gasteiger charge is 2.56. The Labute approximate surface area is 213 Å². The fourth-order valence-electron chi connectivity index (χ4n) is 5.80. The monoisotopic (exact) mass is 510 g/mol. The van der Waals surface area contributed by atoms with E-state index in [0.717, 1.165) is 29.5 Å². The van der Waals surface area contributed by atoms with Crippen molar-refractivity contribution in [1.29, 1.82) is 0 Å². The molecule has 2 aromatic rings. The molecule has 3 aliphatic heterocycles. The van der Waals surface area contributed by atoms with Gasteiger partial charge in [-0.1, -0.05) is 12.1 Å². The third-order valence-corrected chi connectivity index (χ3v) is 9.13. The van der Waals surface area contributed by atoms with Gasteiger partial charge in [-0.05, 0) is 62.5 Å². The average molecular weight is 511 g/mol. The van der Waals surface area contributed by atoms with Crippen LogP contribution in [0.2, 0.25) is 0 Å². The molecule has 10 heteroatoms. The number of carbonyl (C=O) groups is 4. The average Bonchev–Trinajstić information content (AvgIpc) is 3.36. The van der Waals surface area contributed by atoms with E-state index in [9.17, 15) is 19.2 Å². The van der Waals surface area contributed by atoms with Gasteiger partial charge in [0.1, 0.15) is 12.1 Å². The molecule has 1 aromatic carbocycles. The summed E-state index contributed by atoms with van der Waals surface area (Å²) in [6.45, 7) is 1.69. The predicted octanol–water partition coefficient (Wildman–Crippen LogP) is 2.05. The lowest BCUT2D eigenvalue weighted by Crippen LogP contribution is -2.53. The van der Waals surface area contributed by atoms with Gasteiger partial charge in [-0.2, -0.15) is 0 Å². The van der Waals surface area contributed by atoms with E-state index in [4.69, 9.17) is 4.74 Å². The van der Waals surface area contributed by atoms with Crippen molar-refractivity contribution in [3.63, 3.8) is 0 Å². The van der Waals surface area contributed by atoms with Crippen LogP contribution in [0.5, 0.6) is 0 Å². The predicted molar refractivity (Wildman–Crippen MR) is 132 cm³/mol. The van der Waals surface area contributed by atoms with Crippen LogP contribution in [0.1, 0.15) is 54.7 Å². The minimum absolute atomic E-state index is 0.00808. The van der Waals surface area contributed by atoms with Crippen molar-refractivity contribution in [2.45, 2.75) is 63.1 Å². The maximum Gasteiger partial charge on any atom is 0.252 e. The molecule has 1 aliphatic carbocycles. The molecular formula is C26H30N4O5S. The first-order chi connectivity index (χ1) is 17.4. The van der Waals surface area contributed by atoms with Gasteiger partial charge >= 0.3 is 0 Å². The lowest BCUT2D eigenvalue weighted by molar-refractivity contribution is -0.146. The summed E-state index contributed by atoms with van der Waals surface area (Å²) < 4.78 is 6.51. The molecule has 1 spiro atoms. The van der Waals surface area contributed by atoms with Crippen molar-refractivity contribution in [1.82, 2.24) is 20.5 Å². The van der Waals surface area contributed by atoms with Gasteiger partial charge in [0.25, 0.3) is 5.91 Å². The Morgan fingerprint density at radius 2 is 2.08 bits per heavy atom. The fourth-order valence-corrected chi connectivity index (χ4v) is 6.76. The number of likely N-dealkylation sites (tertiary alicyclic amines) is 1. The summed E-state index contributed by atoms with van der Waals surface area (Å²) in [4.78, 5) is 59.0. The van der Waals surface area contributed by atoms with Gasteiger partial charge in [0.2, 0.25) is 17.6 Å². The molecule has 1 saturated carbocycles. The zero-order chi connectivity index (χ0) is 24.9. The molecule has 4 fully saturated rings. The number of Topliss-reactive ketones (excluding diaryl/α,β-unsaturated/α-hetero) is 1. The maximum atomic E-state index is 13.6. The second kappa shape index (κ2) is 9.23. The summed E-state index contributed by atoms with van der Waals surface area (Å²) in [6.07, 6.45) is 4.46. The molecule has 36 heavy (non-hydrogen) atoms. The number of para-hydroxylation sites is 1. The smallest absolute Gasteiger partial charge is 0.252 e. The molecule has 0 radical (unpaired) electrons. The van der Waals surface area contributed by atoms with Gasteiger partial charge in [-0.25, -0.2) is 4.98 Å². The van der Waals surface area contributed by atoms with Gasteiger partial charge in [0.15, 0.2) is 5.01 Å². The number of nitrogens with one attached hydrogen (secondary N) is 2. The third kappa shape index (κ3) is 4.41. The minimum Gasteiger partial charge on any atom is -0.368 e. The minimum atomic E-state index is -0.887. The Morgan fingerprint density at radius 3 is 2.78 bits per heavy atom. The first-order valence-corrected chi connectivity index (χ1v) is 13.6. The Bertz CT molecular complexity index is 1180. The maximum absolute atomic E-state index is 13.6. The van der Waals surface area contributed by atoms with Crippen molar-refractivity contribution in [2.24, 2.45) is 11.3 Å². The molecule has 9 nitrogen and oxygen atoms in total. The quantitative estimate of drug-likeness (QED) is 0.551. The summed E-state index contributed by atoms with van der Waals surface area (Å²) in [5.41, 5.74) is 0.739. The number of hydrogen-bond acceptors (Lipinski definition) is 7. The summed E-state index contributed by atoms with van der Waals surface area (Å²) >= 11 is 1.29. The molecule has 4 heterocycles. The molecule has 2 N–H and O–H groups in total. The molecule has 3 saturated heterocycles. The Morgan fingerprint density at radius 1 is 1.25 bits per heavy atom. The topological polar surface area (TPSA) is 118 Å². The SMILES string of the molecule is O=C1NCC[C@H]1C[C@@H](NC(=O)[C@@H]1CC2(CC2)CN1C(=O)[C@H]1CCCO1)C(=O)c1nc2ccccc2s1. The lowest BCUT2D eigenvalue weighted by atomic mass is 9.95. The highest BCUT2D eigenvalue weighted by atomic mass is 32.1. The Balaban J connectivity index is 1.24. The van der Waals surface area contributed by atoms with Crippen LogP contribution in [0, 0.1) is 11.3 Å². The number of benzene rings is 1. The second-order valence-electron chi connectivity index (χ2n) is 10.6. The molecule has 0 bridgehead atoms. The zero-order valence-corrected chi connectivity index (χ0v) is 20.9. The van der Waals surface area contributed by atoms with E-state index >= 15 is 0 Å². The third-order valence-electron chi connectivity index (χ3n) is 8.08. The largest absolute Gasteiger partial charge is 0.368 e. The second-order valence-corrected chi connectivity index (χ2v) is 11.6. The molecule has 190 valence electrons. The lowest BCUT2D eigenvalue weighted by Gasteiger charge is -2.28. The van der Waals surface area contributed by atoms with Crippen LogP contribution in [0.3, 0.4) is 0 Å². The molecule has 4 atom stereocenters. The van der Waals surface area contributed by atoms with Gasteiger partial charge in [0, 0.05) is 25.6 Å². The first-order valence-electron chi connectivity index (χ1n) is 12.8. The fraction of sp³-hybridized carbons (Fsp3) is 0.577. The number of ether oxygens (including phenoxy) is 1. The van der Waals surface area contributed by atoms with Crippen molar-refractivity contribution in [2.75, 3.05) is 19.7 Å². The van der Waals surface area contributed by atoms with Crippen LogP contribution in [-0.2, 0) is 19.1 Å². The number of aromatic nitrogens is 1. The molecule has 0 unspecified atom stereocenters. The highest BCUT2D eigenvalue weighted by Crippen LogP contribution is 2.55. The van der Waals surface area contributed by atoms with Crippen LogP contribution in [-0.4, -0.2) is 71.3 Å². The van der Waals surface area contributed by atoms with Crippen LogP contribution in [0.15, 0.2) is 24.3 Å². The molecule has 3 amide bonds. The van der Waals surface area contributed by atoms with Gasteiger partial charge in [-0.3, -0.25) is 19.2 Å². The van der Waals surface area contributed by atoms with Gasteiger partial charge in [0.05, 0.1) is 16.3 Å². The first kappa shape index (κ1) is 23.5. The van der Waals surface area contributed by atoms with Crippen molar-refractivity contribution in [3.8, 4) is 0 Å². The summed E-state index contributed by atoms with van der Waals surface area (Å²) in [7, 11) is 0. The van der Waals surface area contributed by atoms with Crippen molar-refractivity contribution in [3.05, 3.63) is 29.3 Å². The molecule has 6 rings (SSSR count). The van der Waals surface area contributed by atoms with Crippen molar-refractivity contribution >= 4 is 45.1 Å². The van der Waals surface area contributed by atoms with E-state index in [1.165, 1.54) is 11.3 Å². The zero-order valence-electron chi connectivity index (χ0n) is 20.0. The van der Waals surface area contributed by atoms with Crippen molar-refractivity contribution < 1.29 is 23.9 Å². The van der Waals surface area contributed by atoms with E-state index in [2.05, 4.69) is 15.6 Å². The number of carbonyl (C=O) groups excluding carboxylic acids is 4. The molecule has 1 aromatic heterocycles. The Hall–Kier alpha value is -2.85. The van der Waals surface area contributed by atoms with Crippen LogP contribution in [0.25, 0.3) is 10.2 Å². The highest BCUT2D eigenvalue weighted by molar-refractivity contribution is 7.20. The number of amides is 3. The van der Waals surface area contributed by atoms with Crippen LogP contribution >= 0.6 is 11.3 Å². The summed E-state index contributed by atoms with van der Waals surface area (Å²) in [5, 5.41) is 6.08. The van der Waals surface area contributed by atoms with Gasteiger partial charge < -0.3 is 20.3 Å². The summed E-state index contributed by atoms with van der Waals surface area (Å²) in [5.74, 6) is -1.19. The number of ketones is 1. The number of thiazole rings is 1. The van der Waals surface area contributed by atoms with E-state index in [-0.39, 0.29) is 41.3 Å². The van der Waals surface area contributed by atoms with E-state index in [1.807, 2.05) is 24.3 Å². The molecule has 4 aliphatic rings. The van der Waals surface area contributed by atoms with Gasteiger partial charge in [-0.15, -0.1) is 11.3 Å². The van der Waals surface area contributed by atoms with E-state index < -0.39 is 18.2 Å². The molecular weight excluding hydrogens is 480 g/mol. The number of fused-ring (bicyclic) bond motifs is 1. The standard InChI is InChI=1S/C26H30N4O5S/c31-21(24-29-16-4-1-2-6-20(16)36-24)17(12-15-7-10-27-22(15)32)28-23(33)18-13-26(8-9-26)14-30(18)25(34)19-5-3-11-35-19/h1-2,4,6,15,17-19H,3,5,7-14H2,(H,27,32)(H,28,33)/t15-,17+,18-,19+/m0/s1. The normalized spacial score (nSPS) is 27.4. The Kier molecular flexibility index (Phi) is 6.03. The number of nitrogens with zero attached hydrogens (tertiary/aromatic N) is 2. The van der Waals surface area contributed by atoms with Crippen LogP contribution in [0.4, 0.5) is 0 Å². The van der Waals surface area contributed by atoms with E-state index in [1.54, 1.807) is 4.90 Å².